The molecule has 4 N–H and O–H groups in total. The van der Waals surface area contributed by atoms with Gasteiger partial charge in [-0.2, -0.15) is 5.06 Å². The van der Waals surface area contributed by atoms with Crippen LogP contribution in [0.15, 0.2) is 48.5 Å². The molecule has 8 heteroatoms. The number of benzene rings is 2. The Kier molecular flexibility index (Phi) is 9.83. The van der Waals surface area contributed by atoms with Gasteiger partial charge in [0.15, 0.2) is 0 Å². The zero-order valence-electron chi connectivity index (χ0n) is 26.8. The summed E-state index contributed by atoms with van der Waals surface area (Å²) in [7, 11) is 4.18. The van der Waals surface area contributed by atoms with E-state index < -0.39 is 24.2 Å². The van der Waals surface area contributed by atoms with Gasteiger partial charge in [-0.3, -0.25) is 9.63 Å². The fraction of sp³-hybridized carbons (Fsp3) is 0.629. The SMILES string of the molecule is C[C@H](O)[C@@H]1[C@H](CO)ON(Cc2cccc(-c3ccc(NCCCN(C)C)cc3)c2)[C@@H]1C(=O)NC1C[C@@H]2C[C@H]([C@@H]1C)C2(C)C. The van der Waals surface area contributed by atoms with Crippen molar-refractivity contribution in [3.63, 3.8) is 0 Å². The molecule has 3 saturated carbocycles. The average molecular weight is 593 g/mol. The molecule has 1 unspecified atom stereocenters. The minimum Gasteiger partial charge on any atom is -0.394 e. The molecule has 1 aliphatic heterocycles. The topological polar surface area (TPSA) is 97.3 Å². The first-order valence-corrected chi connectivity index (χ1v) is 16.1. The van der Waals surface area contributed by atoms with Gasteiger partial charge in [0.1, 0.15) is 12.1 Å². The lowest BCUT2D eigenvalue weighted by Crippen LogP contribution is -2.62. The molecule has 1 heterocycles. The predicted molar refractivity (Wildman–Crippen MR) is 171 cm³/mol. The molecular formula is C35H52N4O4. The van der Waals surface area contributed by atoms with Crippen molar-refractivity contribution in [1.29, 1.82) is 0 Å². The van der Waals surface area contributed by atoms with Crippen LogP contribution in [0.3, 0.4) is 0 Å². The van der Waals surface area contributed by atoms with Crippen LogP contribution in [0.4, 0.5) is 5.69 Å². The molecule has 2 aromatic carbocycles. The minimum atomic E-state index is -0.810. The largest absolute Gasteiger partial charge is 0.394 e. The van der Waals surface area contributed by atoms with Crippen LogP contribution < -0.4 is 10.6 Å². The highest BCUT2D eigenvalue weighted by molar-refractivity contribution is 5.83. The Morgan fingerprint density at radius 2 is 1.88 bits per heavy atom. The Bertz CT molecular complexity index is 1230. The third-order valence-electron chi connectivity index (χ3n) is 10.7. The maximum Gasteiger partial charge on any atom is 0.240 e. The summed E-state index contributed by atoms with van der Waals surface area (Å²) in [5.41, 5.74) is 4.63. The number of aliphatic hydroxyl groups is 2. The molecule has 8 nitrogen and oxygen atoms in total. The van der Waals surface area contributed by atoms with Crippen LogP contribution in [0.2, 0.25) is 0 Å². The molecule has 1 amide bonds. The zero-order valence-corrected chi connectivity index (χ0v) is 26.8. The molecule has 43 heavy (non-hydrogen) atoms. The Balaban J connectivity index is 1.28. The third kappa shape index (κ3) is 6.79. The van der Waals surface area contributed by atoms with E-state index in [9.17, 15) is 15.0 Å². The normalized spacial score (nSPS) is 30.6. The summed E-state index contributed by atoms with van der Waals surface area (Å²) >= 11 is 0. The molecule has 2 aromatic rings. The molecule has 2 bridgehead atoms. The van der Waals surface area contributed by atoms with Crippen LogP contribution in [0, 0.1) is 29.1 Å². The number of carbonyl (C=O) groups is 1. The molecule has 0 spiro atoms. The summed E-state index contributed by atoms with van der Waals surface area (Å²) in [6.45, 7) is 10.7. The fourth-order valence-corrected chi connectivity index (χ4v) is 7.92. The van der Waals surface area contributed by atoms with Crippen molar-refractivity contribution < 1.29 is 19.8 Å². The van der Waals surface area contributed by atoms with Gasteiger partial charge in [0.2, 0.25) is 5.91 Å². The number of carbonyl (C=O) groups excluding carboxylic acids is 1. The zero-order chi connectivity index (χ0) is 30.9. The van der Waals surface area contributed by atoms with Crippen molar-refractivity contribution in [2.45, 2.75) is 77.8 Å². The second-order valence-corrected chi connectivity index (χ2v) is 14.1. The smallest absolute Gasteiger partial charge is 0.240 e. The van der Waals surface area contributed by atoms with E-state index in [-0.39, 0.29) is 18.6 Å². The Morgan fingerprint density at radius 3 is 2.51 bits per heavy atom. The van der Waals surface area contributed by atoms with Gasteiger partial charge in [0.25, 0.3) is 0 Å². The van der Waals surface area contributed by atoms with Crippen LogP contribution in [-0.4, -0.2) is 84.2 Å². The second-order valence-electron chi connectivity index (χ2n) is 14.1. The quantitative estimate of drug-likeness (QED) is 0.272. The maximum absolute atomic E-state index is 13.9. The summed E-state index contributed by atoms with van der Waals surface area (Å²) in [6.07, 6.45) is 1.86. The Labute approximate surface area is 257 Å². The number of nitrogens with zero attached hydrogens (tertiary/aromatic N) is 2. The highest BCUT2D eigenvalue weighted by Gasteiger charge is 2.57. The summed E-state index contributed by atoms with van der Waals surface area (Å²) in [5, 5.41) is 29.4. The van der Waals surface area contributed by atoms with Crippen LogP contribution in [0.5, 0.6) is 0 Å². The van der Waals surface area contributed by atoms with Crippen molar-refractivity contribution in [2.24, 2.45) is 29.1 Å². The molecule has 236 valence electrons. The van der Waals surface area contributed by atoms with Gasteiger partial charge in [-0.1, -0.05) is 51.1 Å². The fourth-order valence-electron chi connectivity index (χ4n) is 7.92. The lowest BCUT2D eigenvalue weighted by Gasteiger charge is -2.62. The standard InChI is InChI=1S/C35H52N4O4/c1-22-29-18-27(35(29,3)4)19-30(22)37-34(42)33-32(23(2)41)31(21-40)43-39(33)20-24-9-7-10-26(17-24)25-11-13-28(14-12-25)36-15-8-16-38(5)6/h7,9-14,17,22-23,27,29-33,36,40-41H,8,15-16,18-21H2,1-6H3,(H,37,42)/t22-,23-,27-,29+,30?,31-,32+,33-/m0/s1. The molecule has 3 aliphatic carbocycles. The first-order valence-electron chi connectivity index (χ1n) is 16.1. The van der Waals surface area contributed by atoms with Gasteiger partial charge >= 0.3 is 0 Å². The third-order valence-corrected chi connectivity index (χ3v) is 10.7. The molecule has 4 aliphatic rings. The van der Waals surface area contributed by atoms with E-state index in [0.717, 1.165) is 48.3 Å². The van der Waals surface area contributed by atoms with Gasteiger partial charge in [0.05, 0.1) is 19.3 Å². The van der Waals surface area contributed by atoms with Crippen molar-refractivity contribution >= 4 is 11.6 Å². The van der Waals surface area contributed by atoms with Crippen LogP contribution >= 0.6 is 0 Å². The number of hydrogen-bond donors (Lipinski definition) is 4. The monoisotopic (exact) mass is 592 g/mol. The number of hydroxylamine groups is 2. The lowest BCUT2D eigenvalue weighted by atomic mass is 9.45. The number of aliphatic hydroxyl groups excluding tert-OH is 2. The minimum absolute atomic E-state index is 0.114. The van der Waals surface area contributed by atoms with E-state index in [0.29, 0.717) is 29.7 Å². The van der Waals surface area contributed by atoms with Crippen molar-refractivity contribution in [3.8, 4) is 11.1 Å². The summed E-state index contributed by atoms with van der Waals surface area (Å²) in [5.74, 6) is 0.984. The second kappa shape index (κ2) is 13.2. The van der Waals surface area contributed by atoms with Gasteiger partial charge < -0.3 is 25.7 Å². The van der Waals surface area contributed by atoms with Crippen molar-refractivity contribution in [1.82, 2.24) is 15.3 Å². The molecular weight excluding hydrogens is 540 g/mol. The number of hydrogen-bond acceptors (Lipinski definition) is 7. The van der Waals surface area contributed by atoms with Gasteiger partial charge in [-0.25, -0.2) is 0 Å². The number of anilines is 1. The maximum atomic E-state index is 13.9. The molecule has 0 radical (unpaired) electrons. The molecule has 6 rings (SSSR count). The van der Waals surface area contributed by atoms with E-state index in [2.05, 4.69) is 86.8 Å². The molecule has 1 saturated heterocycles. The van der Waals surface area contributed by atoms with E-state index >= 15 is 0 Å². The summed E-state index contributed by atoms with van der Waals surface area (Å²) < 4.78 is 0. The van der Waals surface area contributed by atoms with Gasteiger partial charge in [-0.15, -0.1) is 0 Å². The molecule has 0 aromatic heterocycles. The van der Waals surface area contributed by atoms with Crippen molar-refractivity contribution in [2.75, 3.05) is 39.1 Å². The highest BCUT2D eigenvalue weighted by atomic mass is 16.7. The van der Waals surface area contributed by atoms with E-state index in [4.69, 9.17) is 4.84 Å². The number of rotatable bonds is 12. The summed E-state index contributed by atoms with van der Waals surface area (Å²) in [6, 6.07) is 16.2. The number of fused-ring (bicyclic) bond motifs is 2. The van der Waals surface area contributed by atoms with Crippen molar-refractivity contribution in [3.05, 3.63) is 54.1 Å². The van der Waals surface area contributed by atoms with E-state index in [1.54, 1.807) is 12.0 Å². The first kappa shape index (κ1) is 31.9. The number of amides is 1. The van der Waals surface area contributed by atoms with Crippen LogP contribution in [0.25, 0.3) is 11.1 Å². The average Bonchev–Trinajstić information content (AvgIpc) is 3.35. The highest BCUT2D eigenvalue weighted by Crippen LogP contribution is 2.61. The predicted octanol–water partition coefficient (Wildman–Crippen LogP) is 4.38. The van der Waals surface area contributed by atoms with Gasteiger partial charge in [-0.05, 0) is 105 Å². The Hall–Kier alpha value is -2.49. The summed E-state index contributed by atoms with van der Waals surface area (Å²) in [4.78, 5) is 22.3. The first-order chi connectivity index (χ1) is 20.5. The van der Waals surface area contributed by atoms with Crippen LogP contribution in [-0.2, 0) is 16.2 Å². The lowest BCUT2D eigenvalue weighted by molar-refractivity contribution is -0.183. The van der Waals surface area contributed by atoms with E-state index in [1.165, 1.54) is 6.42 Å². The Morgan fingerprint density at radius 1 is 1.14 bits per heavy atom. The molecule has 4 fully saturated rings. The molecule has 8 atom stereocenters. The van der Waals surface area contributed by atoms with E-state index in [1.807, 2.05) is 12.1 Å². The number of nitrogens with one attached hydrogen (secondary N) is 2. The van der Waals surface area contributed by atoms with Gasteiger partial charge in [0, 0.05) is 24.2 Å². The van der Waals surface area contributed by atoms with Crippen LogP contribution in [0.1, 0.15) is 52.5 Å².